The number of fused-ring (bicyclic) bond motifs is 1. The van der Waals surface area contributed by atoms with Crippen LogP contribution in [-0.2, 0) is 16.1 Å². The minimum atomic E-state index is -0.516. The molecular weight excluding hydrogens is 402 g/mol. The minimum absolute atomic E-state index is 0.269. The van der Waals surface area contributed by atoms with Gasteiger partial charge in [-0.3, -0.25) is 10.4 Å². The predicted molar refractivity (Wildman–Crippen MR) is 86.8 cm³/mol. The molecule has 1 aromatic carbocycles. The van der Waals surface area contributed by atoms with Crippen LogP contribution in [0.1, 0.15) is 5.69 Å². The van der Waals surface area contributed by atoms with Crippen LogP contribution < -0.4 is 5.43 Å². The Morgan fingerprint density at radius 1 is 1.50 bits per heavy atom. The van der Waals surface area contributed by atoms with Gasteiger partial charge in [0.05, 0.1) is 37.6 Å². The van der Waals surface area contributed by atoms with Gasteiger partial charge in [-0.1, -0.05) is 0 Å². The second-order valence-corrected chi connectivity index (χ2v) is 5.87. The summed E-state index contributed by atoms with van der Waals surface area (Å²) in [5.41, 5.74) is 4.33. The average Bonchev–Trinajstić information content (AvgIpc) is 2.95. The van der Waals surface area contributed by atoms with E-state index in [4.69, 9.17) is 4.74 Å². The molecule has 1 aromatic heterocycles. The predicted octanol–water partition coefficient (Wildman–Crippen LogP) is 2.44. The van der Waals surface area contributed by atoms with Crippen LogP contribution in [0, 0.1) is 9.39 Å². The molecule has 0 aliphatic carbocycles. The van der Waals surface area contributed by atoms with E-state index in [1.165, 1.54) is 18.2 Å². The van der Waals surface area contributed by atoms with Gasteiger partial charge < -0.3 is 9.30 Å². The van der Waals surface area contributed by atoms with Crippen LogP contribution >= 0.6 is 22.6 Å². The molecule has 0 amide bonds. The van der Waals surface area contributed by atoms with Crippen molar-refractivity contribution in [1.82, 2.24) is 14.6 Å². The zero-order valence-electron chi connectivity index (χ0n) is 11.6. The molecule has 0 fully saturated rings. The monoisotopic (exact) mass is 414 g/mol. The third-order valence-electron chi connectivity index (χ3n) is 3.20. The normalized spacial score (nSPS) is 13.4. The molecule has 0 radical (unpaired) electrons. The molecule has 1 N–H and O–H groups in total. The van der Waals surface area contributed by atoms with Gasteiger partial charge in [-0.25, -0.2) is 14.2 Å². The molecule has 3 rings (SSSR count). The Labute approximate surface area is 139 Å². The highest BCUT2D eigenvalue weighted by Gasteiger charge is 2.25. The topological polar surface area (TPSA) is 59.4 Å². The van der Waals surface area contributed by atoms with Gasteiger partial charge in [0.15, 0.2) is 5.70 Å². The lowest BCUT2D eigenvalue weighted by molar-refractivity contribution is -0.137. The highest BCUT2D eigenvalue weighted by atomic mass is 127. The van der Waals surface area contributed by atoms with E-state index in [2.05, 4.69) is 10.4 Å². The van der Waals surface area contributed by atoms with Crippen LogP contribution in [0.2, 0.25) is 0 Å². The van der Waals surface area contributed by atoms with E-state index >= 15 is 0 Å². The number of nitrogens with one attached hydrogen (secondary N) is 1. The molecule has 2 heterocycles. The van der Waals surface area contributed by atoms with Crippen molar-refractivity contribution in [3.8, 4) is 0 Å². The van der Waals surface area contributed by atoms with Crippen LogP contribution in [0.25, 0.3) is 6.20 Å². The maximum atomic E-state index is 14.0. The Kier molecular flexibility index (Phi) is 4.01. The maximum absolute atomic E-state index is 14.0. The third kappa shape index (κ3) is 2.78. The lowest BCUT2D eigenvalue weighted by atomic mass is 10.3. The van der Waals surface area contributed by atoms with Gasteiger partial charge in [-0.15, -0.1) is 0 Å². The van der Waals surface area contributed by atoms with Crippen molar-refractivity contribution in [3.05, 3.63) is 51.5 Å². The number of rotatable bonds is 3. The number of anilines is 1. The van der Waals surface area contributed by atoms with E-state index in [1.54, 1.807) is 35.4 Å². The molecular formula is C14H12FIN4O2. The van der Waals surface area contributed by atoms with Crippen LogP contribution in [0.3, 0.4) is 0 Å². The number of ether oxygens (including phenoxy) is 1. The Balaban J connectivity index is 1.93. The standard InChI is InChI=1S/C14H12FIN4O2/c1-22-14(21)13-7-19-8-17-5-10(19)6-20(13)18-12-3-2-9(16)4-11(12)15/h2-5,7-8,18H,6H2,1H3. The van der Waals surface area contributed by atoms with Crippen molar-refractivity contribution in [3.63, 3.8) is 0 Å². The summed E-state index contributed by atoms with van der Waals surface area (Å²) in [7, 11) is 1.30. The van der Waals surface area contributed by atoms with Gasteiger partial charge in [-0.05, 0) is 40.8 Å². The molecule has 0 spiro atoms. The minimum Gasteiger partial charge on any atom is -0.464 e. The molecule has 22 heavy (non-hydrogen) atoms. The van der Waals surface area contributed by atoms with Gasteiger partial charge >= 0.3 is 5.97 Å². The summed E-state index contributed by atoms with van der Waals surface area (Å²) in [5, 5.41) is 1.54. The number of nitrogens with zero attached hydrogens (tertiary/aromatic N) is 3. The number of hydrazine groups is 1. The molecule has 0 atom stereocenters. The number of halogens is 2. The van der Waals surface area contributed by atoms with E-state index in [0.717, 1.165) is 9.26 Å². The van der Waals surface area contributed by atoms with Crippen LogP contribution in [-0.4, -0.2) is 27.6 Å². The quantitative estimate of drug-likeness (QED) is 0.618. The highest BCUT2D eigenvalue weighted by Crippen LogP contribution is 2.23. The lowest BCUT2D eigenvalue weighted by Crippen LogP contribution is -2.36. The first-order valence-corrected chi connectivity index (χ1v) is 7.46. The van der Waals surface area contributed by atoms with E-state index in [-0.39, 0.29) is 11.4 Å². The molecule has 0 unspecified atom stereocenters. The summed E-state index contributed by atoms with van der Waals surface area (Å²) in [5.74, 6) is -0.909. The van der Waals surface area contributed by atoms with Gasteiger partial charge in [0.2, 0.25) is 0 Å². The molecule has 0 saturated heterocycles. The maximum Gasteiger partial charge on any atom is 0.357 e. The number of aromatic nitrogens is 2. The number of methoxy groups -OCH3 is 1. The summed E-state index contributed by atoms with van der Waals surface area (Å²) in [6.45, 7) is 0.354. The first kappa shape index (κ1) is 14.8. The molecule has 1 aliphatic rings. The van der Waals surface area contributed by atoms with E-state index in [1.807, 2.05) is 22.6 Å². The Morgan fingerprint density at radius 3 is 3.05 bits per heavy atom. The second kappa shape index (κ2) is 5.95. The van der Waals surface area contributed by atoms with Crippen LogP contribution in [0.4, 0.5) is 10.1 Å². The lowest BCUT2D eigenvalue weighted by Gasteiger charge is -2.30. The van der Waals surface area contributed by atoms with Crippen molar-refractivity contribution >= 4 is 40.4 Å². The van der Waals surface area contributed by atoms with E-state index in [9.17, 15) is 9.18 Å². The van der Waals surface area contributed by atoms with Gasteiger partial charge in [0.25, 0.3) is 0 Å². The summed E-state index contributed by atoms with van der Waals surface area (Å²) in [4.78, 5) is 16.0. The van der Waals surface area contributed by atoms with Gasteiger partial charge in [0, 0.05) is 9.77 Å². The number of esters is 1. The van der Waals surface area contributed by atoms with Gasteiger partial charge in [-0.2, -0.15) is 0 Å². The molecule has 8 heteroatoms. The van der Waals surface area contributed by atoms with Crippen molar-refractivity contribution < 1.29 is 13.9 Å². The smallest absolute Gasteiger partial charge is 0.357 e. The van der Waals surface area contributed by atoms with E-state index in [0.29, 0.717) is 6.54 Å². The summed E-state index contributed by atoms with van der Waals surface area (Å²) < 4.78 is 21.3. The third-order valence-corrected chi connectivity index (χ3v) is 3.87. The summed E-state index contributed by atoms with van der Waals surface area (Å²) in [6, 6.07) is 4.82. The zero-order valence-corrected chi connectivity index (χ0v) is 13.7. The van der Waals surface area contributed by atoms with Crippen molar-refractivity contribution in [1.29, 1.82) is 0 Å². The summed E-state index contributed by atoms with van der Waals surface area (Å²) in [6.07, 6.45) is 4.87. The Hall–Kier alpha value is -2.10. The molecule has 0 saturated carbocycles. The molecule has 1 aliphatic heterocycles. The fourth-order valence-corrected chi connectivity index (χ4v) is 2.57. The summed E-state index contributed by atoms with van der Waals surface area (Å²) >= 11 is 2.03. The fourth-order valence-electron chi connectivity index (χ4n) is 2.11. The Bertz CT molecular complexity index is 759. The number of hydrogen-bond acceptors (Lipinski definition) is 5. The second-order valence-electron chi connectivity index (χ2n) is 4.62. The zero-order chi connectivity index (χ0) is 15.7. The number of carbonyl (C=O) groups is 1. The highest BCUT2D eigenvalue weighted by molar-refractivity contribution is 14.1. The van der Waals surface area contributed by atoms with Gasteiger partial charge in [0.1, 0.15) is 5.82 Å². The van der Waals surface area contributed by atoms with Crippen molar-refractivity contribution in [2.45, 2.75) is 6.54 Å². The molecule has 6 nitrogen and oxygen atoms in total. The first-order valence-electron chi connectivity index (χ1n) is 6.38. The number of carbonyl (C=O) groups excluding carboxylic acids is 1. The molecule has 2 aromatic rings. The molecule has 114 valence electrons. The molecule has 0 bridgehead atoms. The first-order chi connectivity index (χ1) is 10.6. The number of hydrogen-bond donors (Lipinski definition) is 1. The van der Waals surface area contributed by atoms with E-state index < -0.39 is 11.8 Å². The van der Waals surface area contributed by atoms with Crippen molar-refractivity contribution in [2.24, 2.45) is 0 Å². The Morgan fingerprint density at radius 2 is 2.32 bits per heavy atom. The number of benzene rings is 1. The number of imidazole rings is 1. The van der Waals surface area contributed by atoms with Crippen LogP contribution in [0.15, 0.2) is 36.4 Å². The van der Waals surface area contributed by atoms with Crippen molar-refractivity contribution in [2.75, 3.05) is 12.5 Å². The SMILES string of the molecule is COC(=O)C1=Cn2cncc2CN1Nc1ccc(I)cc1F. The average molecular weight is 414 g/mol. The van der Waals surface area contributed by atoms with Crippen LogP contribution in [0.5, 0.6) is 0 Å². The largest absolute Gasteiger partial charge is 0.464 e. The fraction of sp³-hybridized carbons (Fsp3) is 0.143.